The van der Waals surface area contributed by atoms with Crippen LogP contribution in [0.3, 0.4) is 0 Å². The number of anilines is 1. The van der Waals surface area contributed by atoms with Crippen LogP contribution in [0.2, 0.25) is 0 Å². The van der Waals surface area contributed by atoms with Crippen LogP contribution in [0.1, 0.15) is 41.8 Å². The van der Waals surface area contributed by atoms with Gasteiger partial charge in [0.05, 0.1) is 0 Å². The highest BCUT2D eigenvalue weighted by Gasteiger charge is 2.11. The highest BCUT2D eigenvalue weighted by atomic mass is 127. The molecule has 2 aromatic carbocycles. The summed E-state index contributed by atoms with van der Waals surface area (Å²) >= 11 is 0. The third-order valence-electron chi connectivity index (χ3n) is 5.22. The Hall–Kier alpha value is -2.62. The van der Waals surface area contributed by atoms with Crippen LogP contribution in [0.15, 0.2) is 53.5 Å². The van der Waals surface area contributed by atoms with Crippen molar-refractivity contribution in [2.75, 3.05) is 33.0 Å². The molecular formula is C25H36IN5O2. The van der Waals surface area contributed by atoms with Gasteiger partial charge in [-0.2, -0.15) is 0 Å². The predicted octanol–water partition coefficient (Wildman–Crippen LogP) is 3.90. The molecule has 0 aliphatic rings. The number of carbonyl (C=O) groups excluding carboxylic acids is 2. The maximum Gasteiger partial charge on any atom is 0.253 e. The molecule has 0 aromatic heterocycles. The molecule has 0 heterocycles. The first-order chi connectivity index (χ1) is 15.3. The van der Waals surface area contributed by atoms with Gasteiger partial charge in [-0.15, -0.1) is 24.0 Å². The lowest BCUT2D eigenvalue weighted by Crippen LogP contribution is -2.37. The number of halogens is 1. The smallest absolute Gasteiger partial charge is 0.253 e. The fraction of sp³-hybridized carbons (Fsp3) is 0.400. The third-order valence-corrected chi connectivity index (χ3v) is 5.22. The lowest BCUT2D eigenvalue weighted by Gasteiger charge is -2.14. The second kappa shape index (κ2) is 14.5. The topological polar surface area (TPSA) is 85.8 Å². The zero-order chi connectivity index (χ0) is 23.5. The van der Waals surface area contributed by atoms with Crippen molar-refractivity contribution in [3.63, 3.8) is 0 Å². The average molecular weight is 566 g/mol. The number of guanidine groups is 1. The molecule has 1 unspecified atom stereocenters. The molecule has 0 aliphatic carbocycles. The van der Waals surface area contributed by atoms with Crippen molar-refractivity contribution in [3.8, 4) is 0 Å². The highest BCUT2D eigenvalue weighted by molar-refractivity contribution is 14.0. The summed E-state index contributed by atoms with van der Waals surface area (Å²) in [5.41, 5.74) is 3.62. The number of amides is 2. The van der Waals surface area contributed by atoms with Gasteiger partial charge in [-0.25, -0.2) is 0 Å². The van der Waals surface area contributed by atoms with Crippen LogP contribution in [0.4, 0.5) is 5.69 Å². The van der Waals surface area contributed by atoms with Gasteiger partial charge in [0.15, 0.2) is 5.96 Å². The molecule has 7 nitrogen and oxygen atoms in total. The summed E-state index contributed by atoms with van der Waals surface area (Å²) in [6.45, 7) is 5.19. The molecule has 180 valence electrons. The third kappa shape index (κ3) is 9.41. The SMILES string of the molecule is CCC(C)C(=O)Nc1cccc(CNC(=NC)NCCc2cccc(C(=O)N(C)C)c2)c1.I. The van der Waals surface area contributed by atoms with Crippen molar-refractivity contribution in [3.05, 3.63) is 65.2 Å². The molecule has 2 aromatic rings. The summed E-state index contributed by atoms with van der Waals surface area (Å²) in [6.07, 6.45) is 1.58. The summed E-state index contributed by atoms with van der Waals surface area (Å²) in [5, 5.41) is 9.57. The number of rotatable bonds is 9. The van der Waals surface area contributed by atoms with Crippen molar-refractivity contribution in [1.82, 2.24) is 15.5 Å². The largest absolute Gasteiger partial charge is 0.356 e. The van der Waals surface area contributed by atoms with Crippen LogP contribution in [0.25, 0.3) is 0 Å². The van der Waals surface area contributed by atoms with E-state index >= 15 is 0 Å². The Morgan fingerprint density at radius 3 is 2.39 bits per heavy atom. The molecule has 3 N–H and O–H groups in total. The number of hydrogen-bond acceptors (Lipinski definition) is 3. The van der Waals surface area contributed by atoms with Gasteiger partial charge in [0, 0.05) is 51.4 Å². The maximum atomic E-state index is 12.1. The van der Waals surface area contributed by atoms with E-state index in [1.54, 1.807) is 26.0 Å². The lowest BCUT2D eigenvalue weighted by atomic mass is 10.1. The molecule has 33 heavy (non-hydrogen) atoms. The Labute approximate surface area is 214 Å². The normalized spacial score (nSPS) is 11.7. The number of aliphatic imine (C=N–C) groups is 1. The van der Waals surface area contributed by atoms with Crippen LogP contribution in [0.5, 0.6) is 0 Å². The molecule has 2 rings (SSSR count). The first-order valence-electron chi connectivity index (χ1n) is 11.0. The molecule has 2 amide bonds. The molecule has 8 heteroatoms. The van der Waals surface area contributed by atoms with E-state index in [0.717, 1.165) is 29.7 Å². The molecule has 0 fully saturated rings. The molecule has 0 spiro atoms. The minimum atomic E-state index is -0.0125. The first-order valence-corrected chi connectivity index (χ1v) is 11.0. The zero-order valence-electron chi connectivity index (χ0n) is 20.1. The Morgan fingerprint density at radius 1 is 1.03 bits per heavy atom. The van der Waals surface area contributed by atoms with E-state index in [1.165, 1.54) is 0 Å². The van der Waals surface area contributed by atoms with Crippen molar-refractivity contribution in [1.29, 1.82) is 0 Å². The lowest BCUT2D eigenvalue weighted by molar-refractivity contribution is -0.119. The summed E-state index contributed by atoms with van der Waals surface area (Å²) < 4.78 is 0. The summed E-state index contributed by atoms with van der Waals surface area (Å²) in [6, 6.07) is 15.5. The molecule has 0 radical (unpaired) electrons. The Balaban J connectivity index is 0.00000544. The van der Waals surface area contributed by atoms with Crippen LogP contribution >= 0.6 is 24.0 Å². The number of benzene rings is 2. The van der Waals surface area contributed by atoms with Gasteiger partial charge in [-0.05, 0) is 48.2 Å². The van der Waals surface area contributed by atoms with E-state index in [2.05, 4.69) is 20.9 Å². The van der Waals surface area contributed by atoms with Crippen LogP contribution in [-0.2, 0) is 17.8 Å². The maximum absolute atomic E-state index is 12.1. The van der Waals surface area contributed by atoms with E-state index in [-0.39, 0.29) is 41.7 Å². The van der Waals surface area contributed by atoms with Gasteiger partial charge in [0.1, 0.15) is 0 Å². The Kier molecular flexibility index (Phi) is 12.5. The minimum Gasteiger partial charge on any atom is -0.356 e. The highest BCUT2D eigenvalue weighted by Crippen LogP contribution is 2.13. The van der Waals surface area contributed by atoms with Crippen molar-refractivity contribution >= 4 is 47.4 Å². The van der Waals surface area contributed by atoms with E-state index in [1.807, 2.05) is 62.4 Å². The standard InChI is InChI=1S/C25H35N5O2.HI/c1-6-18(2)23(31)29-22-12-8-10-20(16-22)17-28-25(26-3)27-14-13-19-9-7-11-21(15-19)24(32)30(4)5;/h7-12,15-16,18H,6,13-14,17H2,1-5H3,(H,29,31)(H2,26,27,28);1H. The number of nitrogens with one attached hydrogen (secondary N) is 3. The average Bonchev–Trinajstić information content (AvgIpc) is 2.80. The predicted molar refractivity (Wildman–Crippen MR) is 146 cm³/mol. The molecule has 0 aliphatic heterocycles. The van der Waals surface area contributed by atoms with E-state index < -0.39 is 0 Å². The molecule has 0 saturated carbocycles. The molecule has 0 saturated heterocycles. The fourth-order valence-corrected chi connectivity index (χ4v) is 3.06. The summed E-state index contributed by atoms with van der Waals surface area (Å²) in [7, 11) is 5.23. The summed E-state index contributed by atoms with van der Waals surface area (Å²) in [5.74, 6) is 0.715. The van der Waals surface area contributed by atoms with Gasteiger partial charge in [0.25, 0.3) is 5.91 Å². The number of carbonyl (C=O) groups is 2. The van der Waals surface area contributed by atoms with Gasteiger partial charge >= 0.3 is 0 Å². The minimum absolute atomic E-state index is 0. The Morgan fingerprint density at radius 2 is 1.73 bits per heavy atom. The number of hydrogen-bond donors (Lipinski definition) is 3. The molecular weight excluding hydrogens is 529 g/mol. The van der Waals surface area contributed by atoms with E-state index in [4.69, 9.17) is 0 Å². The van der Waals surface area contributed by atoms with Crippen molar-refractivity contribution in [2.24, 2.45) is 10.9 Å². The van der Waals surface area contributed by atoms with Crippen LogP contribution in [-0.4, -0.2) is 50.4 Å². The Bertz CT molecular complexity index is 946. The summed E-state index contributed by atoms with van der Waals surface area (Å²) in [4.78, 5) is 30.1. The first kappa shape index (κ1) is 28.4. The zero-order valence-corrected chi connectivity index (χ0v) is 22.5. The molecule has 1 atom stereocenters. The second-order valence-electron chi connectivity index (χ2n) is 8.00. The van der Waals surface area contributed by atoms with Crippen molar-refractivity contribution in [2.45, 2.75) is 33.2 Å². The van der Waals surface area contributed by atoms with E-state index in [0.29, 0.717) is 24.6 Å². The quantitative estimate of drug-likeness (QED) is 0.245. The monoisotopic (exact) mass is 565 g/mol. The van der Waals surface area contributed by atoms with Crippen LogP contribution in [0, 0.1) is 5.92 Å². The van der Waals surface area contributed by atoms with Gasteiger partial charge in [-0.3, -0.25) is 14.6 Å². The van der Waals surface area contributed by atoms with Gasteiger partial charge in [0.2, 0.25) is 5.91 Å². The van der Waals surface area contributed by atoms with Gasteiger partial charge in [-0.1, -0.05) is 38.1 Å². The number of nitrogens with zero attached hydrogens (tertiary/aromatic N) is 2. The van der Waals surface area contributed by atoms with Crippen molar-refractivity contribution < 1.29 is 9.59 Å². The second-order valence-corrected chi connectivity index (χ2v) is 8.00. The van der Waals surface area contributed by atoms with Crippen LogP contribution < -0.4 is 16.0 Å². The fourth-order valence-electron chi connectivity index (χ4n) is 3.06. The van der Waals surface area contributed by atoms with E-state index in [9.17, 15) is 9.59 Å². The van der Waals surface area contributed by atoms with Gasteiger partial charge < -0.3 is 20.9 Å². The molecule has 0 bridgehead atoms.